The van der Waals surface area contributed by atoms with Gasteiger partial charge < -0.3 is 5.73 Å². The minimum Gasteiger partial charge on any atom is -0.325 e. The molecule has 1 aromatic heterocycles. The molecule has 2 rings (SSSR count). The summed E-state index contributed by atoms with van der Waals surface area (Å²) in [5.41, 5.74) is 6.10. The van der Waals surface area contributed by atoms with Gasteiger partial charge in [-0.3, -0.25) is 4.98 Å². The summed E-state index contributed by atoms with van der Waals surface area (Å²) in [4.78, 5) is 4.19. The van der Waals surface area contributed by atoms with Crippen LogP contribution < -0.4 is 10.5 Å². The second kappa shape index (κ2) is 4.95. The Labute approximate surface area is 108 Å². The number of nitrogens with zero attached hydrogens (tertiary/aromatic N) is 1. The average Bonchev–Trinajstić information content (AvgIpc) is 3.17. The Kier molecular flexibility index (Phi) is 3.70. The number of pyridine rings is 1. The first-order valence-electron chi connectivity index (χ1n) is 6.17. The SMILES string of the molecule is CCC1(CNS(=O)(=O)c2cccnc2CN)CC1. The highest BCUT2D eigenvalue weighted by atomic mass is 32.2. The van der Waals surface area contributed by atoms with E-state index in [2.05, 4.69) is 16.6 Å². The van der Waals surface area contributed by atoms with Crippen LogP contribution in [0.2, 0.25) is 0 Å². The van der Waals surface area contributed by atoms with Gasteiger partial charge in [0.05, 0.1) is 5.69 Å². The molecule has 1 aromatic rings. The largest absolute Gasteiger partial charge is 0.325 e. The zero-order chi connectivity index (χ0) is 13.2. The van der Waals surface area contributed by atoms with Crippen molar-refractivity contribution in [3.8, 4) is 0 Å². The van der Waals surface area contributed by atoms with Gasteiger partial charge in [0, 0.05) is 19.3 Å². The first kappa shape index (κ1) is 13.5. The number of sulfonamides is 1. The number of aromatic nitrogens is 1. The van der Waals surface area contributed by atoms with E-state index in [-0.39, 0.29) is 16.9 Å². The van der Waals surface area contributed by atoms with E-state index in [4.69, 9.17) is 5.73 Å². The van der Waals surface area contributed by atoms with Crippen LogP contribution in [-0.2, 0) is 16.6 Å². The van der Waals surface area contributed by atoms with E-state index in [1.165, 1.54) is 0 Å². The van der Waals surface area contributed by atoms with E-state index in [0.717, 1.165) is 19.3 Å². The van der Waals surface area contributed by atoms with Gasteiger partial charge >= 0.3 is 0 Å². The molecule has 0 aliphatic heterocycles. The van der Waals surface area contributed by atoms with Crippen LogP contribution in [-0.4, -0.2) is 19.9 Å². The highest BCUT2D eigenvalue weighted by Gasteiger charge is 2.41. The lowest BCUT2D eigenvalue weighted by molar-refractivity contribution is 0.475. The van der Waals surface area contributed by atoms with Crippen molar-refractivity contribution in [3.63, 3.8) is 0 Å². The molecule has 18 heavy (non-hydrogen) atoms. The van der Waals surface area contributed by atoms with Crippen molar-refractivity contribution < 1.29 is 8.42 Å². The molecule has 1 saturated carbocycles. The summed E-state index contributed by atoms with van der Waals surface area (Å²) in [6, 6.07) is 3.16. The van der Waals surface area contributed by atoms with Gasteiger partial charge in [0.15, 0.2) is 0 Å². The van der Waals surface area contributed by atoms with Crippen molar-refractivity contribution in [2.45, 2.75) is 37.6 Å². The van der Waals surface area contributed by atoms with E-state index < -0.39 is 10.0 Å². The van der Waals surface area contributed by atoms with Crippen molar-refractivity contribution in [1.29, 1.82) is 0 Å². The summed E-state index contributed by atoms with van der Waals surface area (Å²) < 4.78 is 27.1. The molecule has 0 unspecified atom stereocenters. The summed E-state index contributed by atoms with van der Waals surface area (Å²) in [5.74, 6) is 0. The third-order valence-electron chi connectivity index (χ3n) is 3.68. The van der Waals surface area contributed by atoms with Gasteiger partial charge in [0.1, 0.15) is 4.90 Å². The second-order valence-corrected chi connectivity index (χ2v) is 6.57. The van der Waals surface area contributed by atoms with Crippen molar-refractivity contribution >= 4 is 10.0 Å². The van der Waals surface area contributed by atoms with Crippen LogP contribution in [0.3, 0.4) is 0 Å². The maximum Gasteiger partial charge on any atom is 0.242 e. The van der Waals surface area contributed by atoms with Crippen molar-refractivity contribution in [2.24, 2.45) is 11.1 Å². The molecular formula is C12H19N3O2S. The average molecular weight is 269 g/mol. The fourth-order valence-corrected chi connectivity index (χ4v) is 3.33. The predicted molar refractivity (Wildman–Crippen MR) is 69.3 cm³/mol. The summed E-state index contributed by atoms with van der Waals surface area (Å²) in [5, 5.41) is 0. The van der Waals surface area contributed by atoms with Crippen LogP contribution in [0.1, 0.15) is 31.9 Å². The first-order chi connectivity index (χ1) is 8.53. The molecule has 0 aromatic carbocycles. The maximum atomic E-state index is 12.2. The number of rotatable bonds is 6. The summed E-state index contributed by atoms with van der Waals surface area (Å²) in [6.07, 6.45) is 4.76. The standard InChI is InChI=1S/C12H19N3O2S/c1-2-12(5-6-12)9-15-18(16,17)11-4-3-7-14-10(11)8-13/h3-4,7,15H,2,5-6,8-9,13H2,1H3. The number of nitrogens with one attached hydrogen (secondary N) is 1. The Balaban J connectivity index is 2.15. The second-order valence-electron chi connectivity index (χ2n) is 4.83. The number of nitrogens with two attached hydrogens (primary N) is 1. The van der Waals surface area contributed by atoms with E-state index in [1.807, 2.05) is 0 Å². The normalized spacial score (nSPS) is 17.7. The van der Waals surface area contributed by atoms with Gasteiger partial charge in [-0.15, -0.1) is 0 Å². The Hall–Kier alpha value is -0.980. The number of hydrogen-bond acceptors (Lipinski definition) is 4. The van der Waals surface area contributed by atoms with E-state index in [1.54, 1.807) is 18.3 Å². The molecule has 0 radical (unpaired) electrons. The van der Waals surface area contributed by atoms with Gasteiger partial charge in [-0.1, -0.05) is 6.92 Å². The van der Waals surface area contributed by atoms with Gasteiger partial charge in [-0.05, 0) is 36.8 Å². The van der Waals surface area contributed by atoms with Crippen molar-refractivity contribution in [2.75, 3.05) is 6.54 Å². The summed E-state index contributed by atoms with van der Waals surface area (Å²) >= 11 is 0. The van der Waals surface area contributed by atoms with Gasteiger partial charge in [0.2, 0.25) is 10.0 Å². The lowest BCUT2D eigenvalue weighted by Gasteiger charge is -2.14. The van der Waals surface area contributed by atoms with Crippen LogP contribution in [0.5, 0.6) is 0 Å². The predicted octanol–water partition coefficient (Wildman–Crippen LogP) is 1.01. The molecular weight excluding hydrogens is 250 g/mol. The quantitative estimate of drug-likeness (QED) is 0.807. The smallest absolute Gasteiger partial charge is 0.242 e. The van der Waals surface area contributed by atoms with E-state index in [9.17, 15) is 8.42 Å². The Morgan fingerprint density at radius 3 is 2.78 bits per heavy atom. The lowest BCUT2D eigenvalue weighted by atomic mass is 10.1. The molecule has 0 atom stereocenters. The summed E-state index contributed by atoms with van der Waals surface area (Å²) in [7, 11) is -3.50. The third kappa shape index (κ3) is 2.71. The first-order valence-corrected chi connectivity index (χ1v) is 7.65. The Bertz CT molecular complexity index is 524. The fraction of sp³-hybridized carbons (Fsp3) is 0.583. The molecule has 1 fully saturated rings. The molecule has 1 aliphatic carbocycles. The van der Waals surface area contributed by atoms with Gasteiger partial charge in [-0.25, -0.2) is 13.1 Å². The van der Waals surface area contributed by atoms with Gasteiger partial charge in [0.25, 0.3) is 0 Å². The lowest BCUT2D eigenvalue weighted by Crippen LogP contribution is -2.31. The molecule has 0 bridgehead atoms. The maximum absolute atomic E-state index is 12.2. The Morgan fingerprint density at radius 2 is 2.22 bits per heavy atom. The topological polar surface area (TPSA) is 85.1 Å². The molecule has 1 heterocycles. The third-order valence-corrected chi connectivity index (χ3v) is 5.15. The van der Waals surface area contributed by atoms with Gasteiger partial charge in [-0.2, -0.15) is 0 Å². The van der Waals surface area contributed by atoms with E-state index in [0.29, 0.717) is 12.2 Å². The van der Waals surface area contributed by atoms with Crippen LogP contribution in [0, 0.1) is 5.41 Å². The molecule has 3 N–H and O–H groups in total. The number of hydrogen-bond donors (Lipinski definition) is 2. The van der Waals surface area contributed by atoms with Crippen molar-refractivity contribution in [3.05, 3.63) is 24.0 Å². The minimum atomic E-state index is -3.50. The molecule has 6 heteroatoms. The van der Waals surface area contributed by atoms with Crippen molar-refractivity contribution in [1.82, 2.24) is 9.71 Å². The monoisotopic (exact) mass is 269 g/mol. The van der Waals surface area contributed by atoms with Crippen LogP contribution in [0.4, 0.5) is 0 Å². The zero-order valence-corrected chi connectivity index (χ0v) is 11.3. The highest BCUT2D eigenvalue weighted by Crippen LogP contribution is 2.48. The fourth-order valence-electron chi connectivity index (χ4n) is 1.98. The minimum absolute atomic E-state index is 0.121. The molecule has 0 spiro atoms. The van der Waals surface area contributed by atoms with Crippen LogP contribution in [0.15, 0.2) is 23.2 Å². The van der Waals surface area contributed by atoms with Crippen LogP contribution in [0.25, 0.3) is 0 Å². The highest BCUT2D eigenvalue weighted by molar-refractivity contribution is 7.89. The molecule has 100 valence electrons. The van der Waals surface area contributed by atoms with Crippen LogP contribution >= 0.6 is 0 Å². The Morgan fingerprint density at radius 1 is 1.50 bits per heavy atom. The molecule has 1 aliphatic rings. The molecule has 0 saturated heterocycles. The zero-order valence-electron chi connectivity index (χ0n) is 10.5. The summed E-state index contributed by atoms with van der Waals surface area (Å²) in [6.45, 7) is 2.72. The molecule has 5 nitrogen and oxygen atoms in total. The molecule has 0 amide bonds. The van der Waals surface area contributed by atoms with E-state index >= 15 is 0 Å².